The molecule has 1 heterocycles. The number of H-pyrrole nitrogens is 1. The topological polar surface area (TPSA) is 55.0 Å². The molecule has 0 fully saturated rings. The lowest BCUT2D eigenvalue weighted by Gasteiger charge is -2.04. The van der Waals surface area contributed by atoms with Crippen LogP contribution in [-0.4, -0.2) is 15.9 Å². The molecule has 0 amide bonds. The van der Waals surface area contributed by atoms with Crippen LogP contribution >= 0.6 is 15.9 Å². The molecule has 0 atom stereocenters. The average molecular weight is 317 g/mol. The number of carbonyl (C=O) groups excluding carboxylic acids is 1. The highest BCUT2D eigenvalue weighted by atomic mass is 79.9. The van der Waals surface area contributed by atoms with Gasteiger partial charge in [-0.25, -0.2) is 9.78 Å². The number of hydrogen-bond donors (Lipinski definition) is 1. The molecule has 1 aromatic heterocycles. The van der Waals surface area contributed by atoms with Crippen molar-refractivity contribution in [2.24, 2.45) is 0 Å². The second kappa shape index (κ2) is 4.85. The maximum atomic E-state index is 12.0. The third-order valence-corrected chi connectivity index (χ3v) is 3.16. The van der Waals surface area contributed by atoms with Gasteiger partial charge in [0.05, 0.1) is 22.9 Å². The number of nitrogens with zero attached hydrogens (tertiary/aromatic N) is 1. The summed E-state index contributed by atoms with van der Waals surface area (Å²) in [5.41, 5.74) is 2.11. The first-order chi connectivity index (χ1) is 9.22. The Balaban J connectivity index is 1.87. The van der Waals surface area contributed by atoms with Gasteiger partial charge in [0.15, 0.2) is 0 Å². The van der Waals surface area contributed by atoms with Crippen molar-refractivity contribution in [1.29, 1.82) is 0 Å². The van der Waals surface area contributed by atoms with Crippen LogP contribution < -0.4 is 4.74 Å². The largest absolute Gasteiger partial charge is 0.423 e. The Kier molecular flexibility index (Phi) is 3.05. The molecular weight excluding hydrogens is 308 g/mol. The van der Waals surface area contributed by atoms with Gasteiger partial charge in [0, 0.05) is 4.47 Å². The molecule has 0 bridgehead atoms. The minimum atomic E-state index is -0.394. The van der Waals surface area contributed by atoms with Gasteiger partial charge in [-0.1, -0.05) is 22.0 Å². The van der Waals surface area contributed by atoms with Crippen LogP contribution in [0.1, 0.15) is 10.4 Å². The van der Waals surface area contributed by atoms with Crippen LogP contribution in [0.25, 0.3) is 11.0 Å². The fourth-order valence-electron chi connectivity index (χ4n) is 1.76. The second-order valence-corrected chi connectivity index (χ2v) is 4.90. The van der Waals surface area contributed by atoms with E-state index in [1.54, 1.807) is 36.7 Å². The van der Waals surface area contributed by atoms with Crippen LogP contribution in [0, 0.1) is 0 Å². The van der Waals surface area contributed by atoms with Crippen molar-refractivity contribution >= 4 is 32.9 Å². The first-order valence-corrected chi connectivity index (χ1v) is 6.42. The fraction of sp³-hybridized carbons (Fsp3) is 0. The van der Waals surface area contributed by atoms with Gasteiger partial charge < -0.3 is 9.72 Å². The summed E-state index contributed by atoms with van der Waals surface area (Å²) < 4.78 is 6.17. The van der Waals surface area contributed by atoms with Crippen molar-refractivity contribution in [1.82, 2.24) is 9.97 Å². The SMILES string of the molecule is O=C(Oc1cccc(Br)c1)c1ccc2nc[nH]c2c1. The van der Waals surface area contributed by atoms with E-state index in [1.165, 1.54) is 0 Å². The molecule has 19 heavy (non-hydrogen) atoms. The quantitative estimate of drug-likeness (QED) is 0.581. The van der Waals surface area contributed by atoms with Crippen LogP contribution in [0.15, 0.2) is 53.3 Å². The number of carbonyl (C=O) groups is 1. The van der Waals surface area contributed by atoms with E-state index in [9.17, 15) is 4.79 Å². The van der Waals surface area contributed by atoms with Gasteiger partial charge >= 0.3 is 5.97 Å². The van der Waals surface area contributed by atoms with Crippen molar-refractivity contribution in [3.63, 3.8) is 0 Å². The van der Waals surface area contributed by atoms with Crippen molar-refractivity contribution in [2.45, 2.75) is 0 Å². The predicted octanol–water partition coefficient (Wildman–Crippen LogP) is 3.54. The van der Waals surface area contributed by atoms with Crippen LogP contribution in [0.4, 0.5) is 0 Å². The predicted molar refractivity (Wildman–Crippen MR) is 75.2 cm³/mol. The molecule has 0 unspecified atom stereocenters. The first kappa shape index (κ1) is 11.9. The molecule has 4 nitrogen and oxygen atoms in total. The molecule has 0 radical (unpaired) electrons. The number of halogens is 1. The van der Waals surface area contributed by atoms with Crippen molar-refractivity contribution in [3.8, 4) is 5.75 Å². The van der Waals surface area contributed by atoms with E-state index in [-0.39, 0.29) is 0 Å². The van der Waals surface area contributed by atoms with Crippen molar-refractivity contribution in [3.05, 3.63) is 58.8 Å². The highest BCUT2D eigenvalue weighted by molar-refractivity contribution is 9.10. The Morgan fingerprint density at radius 1 is 1.21 bits per heavy atom. The summed E-state index contributed by atoms with van der Waals surface area (Å²) in [7, 11) is 0. The lowest BCUT2D eigenvalue weighted by atomic mass is 10.2. The molecule has 0 aliphatic carbocycles. The zero-order chi connectivity index (χ0) is 13.2. The summed E-state index contributed by atoms with van der Waals surface area (Å²) >= 11 is 3.33. The Labute approximate surface area is 117 Å². The number of rotatable bonds is 2. The number of aromatic amines is 1. The number of benzene rings is 2. The number of hydrogen-bond acceptors (Lipinski definition) is 3. The lowest BCUT2D eigenvalue weighted by Crippen LogP contribution is -2.08. The summed E-state index contributed by atoms with van der Waals surface area (Å²) in [6.07, 6.45) is 1.59. The number of nitrogens with one attached hydrogen (secondary N) is 1. The van der Waals surface area contributed by atoms with Crippen LogP contribution in [-0.2, 0) is 0 Å². The van der Waals surface area contributed by atoms with E-state index in [4.69, 9.17) is 4.74 Å². The smallest absolute Gasteiger partial charge is 0.343 e. The summed E-state index contributed by atoms with van der Waals surface area (Å²) in [6, 6.07) is 12.4. The van der Waals surface area contributed by atoms with E-state index in [2.05, 4.69) is 25.9 Å². The van der Waals surface area contributed by atoms with Gasteiger partial charge in [0.2, 0.25) is 0 Å². The van der Waals surface area contributed by atoms with E-state index >= 15 is 0 Å². The van der Waals surface area contributed by atoms with Gasteiger partial charge in [-0.3, -0.25) is 0 Å². The number of fused-ring (bicyclic) bond motifs is 1. The summed E-state index contributed by atoms with van der Waals surface area (Å²) in [6.45, 7) is 0. The molecule has 1 N–H and O–H groups in total. The maximum Gasteiger partial charge on any atom is 0.343 e. The van der Waals surface area contributed by atoms with E-state index < -0.39 is 5.97 Å². The molecule has 0 saturated carbocycles. The highest BCUT2D eigenvalue weighted by Crippen LogP contribution is 2.19. The molecule has 0 saturated heterocycles. The van der Waals surface area contributed by atoms with E-state index in [0.717, 1.165) is 15.5 Å². The monoisotopic (exact) mass is 316 g/mol. The normalized spacial score (nSPS) is 10.6. The fourth-order valence-corrected chi connectivity index (χ4v) is 2.14. The zero-order valence-electron chi connectivity index (χ0n) is 9.76. The molecule has 0 aliphatic heterocycles. The van der Waals surface area contributed by atoms with Gasteiger partial charge in [-0.05, 0) is 36.4 Å². The molecule has 2 aromatic carbocycles. The molecule has 3 aromatic rings. The maximum absolute atomic E-state index is 12.0. The molecule has 94 valence electrons. The van der Waals surface area contributed by atoms with Crippen LogP contribution in [0.5, 0.6) is 5.75 Å². The van der Waals surface area contributed by atoms with Crippen LogP contribution in [0.3, 0.4) is 0 Å². The number of ether oxygens (including phenoxy) is 1. The Morgan fingerprint density at radius 3 is 2.95 bits per heavy atom. The number of imidazole rings is 1. The van der Waals surface area contributed by atoms with Crippen molar-refractivity contribution < 1.29 is 9.53 Å². The van der Waals surface area contributed by atoms with Gasteiger partial charge in [0.25, 0.3) is 0 Å². The first-order valence-electron chi connectivity index (χ1n) is 5.63. The van der Waals surface area contributed by atoms with Crippen molar-refractivity contribution in [2.75, 3.05) is 0 Å². The molecule has 0 spiro atoms. The van der Waals surface area contributed by atoms with Gasteiger partial charge in [-0.15, -0.1) is 0 Å². The lowest BCUT2D eigenvalue weighted by molar-refractivity contribution is 0.0735. The standard InChI is InChI=1S/C14H9BrN2O2/c15-10-2-1-3-11(7-10)19-14(18)9-4-5-12-13(6-9)17-8-16-12/h1-8H,(H,16,17). The molecule has 3 rings (SSSR count). The Hall–Kier alpha value is -2.14. The van der Waals surface area contributed by atoms with Gasteiger partial charge in [-0.2, -0.15) is 0 Å². The average Bonchev–Trinajstić information content (AvgIpc) is 2.85. The third kappa shape index (κ3) is 2.51. The Morgan fingerprint density at radius 2 is 2.11 bits per heavy atom. The minimum absolute atomic E-state index is 0.394. The summed E-state index contributed by atoms with van der Waals surface area (Å²) in [4.78, 5) is 19.1. The Bertz CT molecular complexity index is 752. The summed E-state index contributed by atoms with van der Waals surface area (Å²) in [5.74, 6) is 0.110. The number of esters is 1. The van der Waals surface area contributed by atoms with Crippen LogP contribution in [0.2, 0.25) is 0 Å². The third-order valence-electron chi connectivity index (χ3n) is 2.66. The number of aromatic nitrogens is 2. The highest BCUT2D eigenvalue weighted by Gasteiger charge is 2.10. The van der Waals surface area contributed by atoms with Gasteiger partial charge in [0.1, 0.15) is 5.75 Å². The second-order valence-electron chi connectivity index (χ2n) is 3.98. The van der Waals surface area contributed by atoms with E-state index in [0.29, 0.717) is 11.3 Å². The molecule has 0 aliphatic rings. The zero-order valence-corrected chi connectivity index (χ0v) is 11.3. The minimum Gasteiger partial charge on any atom is -0.423 e. The molecule has 5 heteroatoms. The van der Waals surface area contributed by atoms with E-state index in [1.807, 2.05) is 12.1 Å². The molecular formula is C14H9BrN2O2. The summed E-state index contributed by atoms with van der Waals surface area (Å²) in [5, 5.41) is 0.